The van der Waals surface area contributed by atoms with Crippen LogP contribution in [0.2, 0.25) is 0 Å². The summed E-state index contributed by atoms with van der Waals surface area (Å²) in [6, 6.07) is 6.04. The van der Waals surface area contributed by atoms with E-state index in [2.05, 4.69) is 10.8 Å². The Morgan fingerprint density at radius 3 is 2.69 bits per heavy atom. The van der Waals surface area contributed by atoms with Crippen LogP contribution in [0.1, 0.15) is 23.1 Å². The van der Waals surface area contributed by atoms with Gasteiger partial charge in [-0.2, -0.15) is 0 Å². The Bertz CT molecular complexity index is 361. The van der Waals surface area contributed by atoms with E-state index in [1.807, 2.05) is 19.1 Å². The van der Waals surface area contributed by atoms with Crippen LogP contribution in [0.4, 0.5) is 0 Å². The Labute approximate surface area is 102 Å². The third-order valence-electron chi connectivity index (χ3n) is 2.70. The molecule has 3 heteroatoms. The molecule has 0 aliphatic rings. The van der Waals surface area contributed by atoms with Gasteiger partial charge in [0.25, 0.3) is 0 Å². The van der Waals surface area contributed by atoms with Crippen LogP contribution in [0.5, 0.6) is 0 Å². The zero-order valence-corrected chi connectivity index (χ0v) is 10.5. The second kappa shape index (κ2) is 6.54. The number of halogens is 1. The first-order valence-electron chi connectivity index (χ1n) is 5.39. The number of carbonyl (C=O) groups is 1. The molecule has 88 valence electrons. The van der Waals surface area contributed by atoms with E-state index in [4.69, 9.17) is 11.6 Å². The van der Waals surface area contributed by atoms with Crippen LogP contribution in [-0.4, -0.2) is 19.0 Å². The van der Waals surface area contributed by atoms with Crippen LogP contribution < -0.4 is 0 Å². The minimum absolute atomic E-state index is 0.197. The summed E-state index contributed by atoms with van der Waals surface area (Å²) in [4.78, 5) is 11.2. The van der Waals surface area contributed by atoms with E-state index >= 15 is 0 Å². The average Bonchev–Trinajstić information content (AvgIpc) is 2.30. The predicted octanol–water partition coefficient (Wildman–Crippen LogP) is 2.88. The van der Waals surface area contributed by atoms with Gasteiger partial charge in [0.05, 0.1) is 13.5 Å². The van der Waals surface area contributed by atoms with Crippen LogP contribution in [0, 0.1) is 6.92 Å². The van der Waals surface area contributed by atoms with Gasteiger partial charge < -0.3 is 4.74 Å². The molecular weight excluding hydrogens is 224 g/mol. The molecule has 0 radical (unpaired) electrons. The van der Waals surface area contributed by atoms with E-state index in [1.165, 1.54) is 18.2 Å². The maximum atomic E-state index is 11.2. The first-order valence-corrected chi connectivity index (χ1v) is 5.92. The van der Waals surface area contributed by atoms with Crippen molar-refractivity contribution in [2.24, 2.45) is 0 Å². The lowest BCUT2D eigenvalue weighted by atomic mass is 9.97. The largest absolute Gasteiger partial charge is 0.469 e. The number of ether oxygens (including phenoxy) is 1. The van der Waals surface area contributed by atoms with Crippen molar-refractivity contribution in [1.82, 2.24) is 0 Å². The zero-order valence-electron chi connectivity index (χ0n) is 9.75. The Balaban J connectivity index is 2.81. The minimum Gasteiger partial charge on any atom is -0.469 e. The maximum absolute atomic E-state index is 11.2. The third-order valence-corrected chi connectivity index (χ3v) is 2.97. The molecule has 0 aliphatic heterocycles. The molecule has 0 bridgehead atoms. The molecular formula is C13H17ClO2. The van der Waals surface area contributed by atoms with Gasteiger partial charge in [0, 0.05) is 5.88 Å². The molecule has 1 aromatic carbocycles. The van der Waals surface area contributed by atoms with Crippen LogP contribution in [-0.2, 0) is 22.4 Å². The highest BCUT2D eigenvalue weighted by atomic mass is 35.5. The van der Waals surface area contributed by atoms with E-state index in [9.17, 15) is 4.79 Å². The lowest BCUT2D eigenvalue weighted by Gasteiger charge is -2.10. The molecule has 0 heterocycles. The monoisotopic (exact) mass is 240 g/mol. The third kappa shape index (κ3) is 3.53. The number of esters is 1. The second-order valence-electron chi connectivity index (χ2n) is 3.75. The van der Waals surface area contributed by atoms with Crippen molar-refractivity contribution < 1.29 is 9.53 Å². The summed E-state index contributed by atoms with van der Waals surface area (Å²) in [5.41, 5.74) is 3.49. The Morgan fingerprint density at radius 2 is 2.06 bits per heavy atom. The molecule has 0 aliphatic carbocycles. The fourth-order valence-corrected chi connectivity index (χ4v) is 1.82. The topological polar surface area (TPSA) is 26.3 Å². The quantitative estimate of drug-likeness (QED) is 0.584. The van der Waals surface area contributed by atoms with Gasteiger partial charge in [-0.1, -0.05) is 18.2 Å². The van der Waals surface area contributed by atoms with Crippen molar-refractivity contribution in [3.05, 3.63) is 34.9 Å². The van der Waals surface area contributed by atoms with E-state index in [-0.39, 0.29) is 5.97 Å². The fraction of sp³-hybridized carbons (Fsp3) is 0.462. The van der Waals surface area contributed by atoms with Crippen molar-refractivity contribution in [1.29, 1.82) is 0 Å². The van der Waals surface area contributed by atoms with Crippen LogP contribution in [0.3, 0.4) is 0 Å². The SMILES string of the molecule is COC(=O)Cc1cccc(CCCCl)c1C. The number of hydrogen-bond acceptors (Lipinski definition) is 2. The molecule has 1 aromatic rings. The van der Waals surface area contributed by atoms with Gasteiger partial charge in [-0.05, 0) is 36.5 Å². The summed E-state index contributed by atoms with van der Waals surface area (Å²) in [6.45, 7) is 2.04. The molecule has 1 rings (SSSR count). The lowest BCUT2D eigenvalue weighted by molar-refractivity contribution is -0.139. The molecule has 0 fully saturated rings. The molecule has 0 N–H and O–H groups in total. The van der Waals surface area contributed by atoms with Crippen molar-refractivity contribution in [3.8, 4) is 0 Å². The van der Waals surface area contributed by atoms with Crippen molar-refractivity contribution >= 4 is 17.6 Å². The average molecular weight is 241 g/mol. The highest BCUT2D eigenvalue weighted by Crippen LogP contribution is 2.16. The Morgan fingerprint density at radius 1 is 1.38 bits per heavy atom. The van der Waals surface area contributed by atoms with Crippen LogP contribution in [0.25, 0.3) is 0 Å². The highest BCUT2D eigenvalue weighted by molar-refractivity contribution is 6.17. The number of rotatable bonds is 5. The highest BCUT2D eigenvalue weighted by Gasteiger charge is 2.08. The van der Waals surface area contributed by atoms with Gasteiger partial charge in [-0.25, -0.2) is 0 Å². The molecule has 0 spiro atoms. The Kier molecular flexibility index (Phi) is 5.33. The molecule has 0 saturated carbocycles. The van der Waals surface area contributed by atoms with Crippen LogP contribution >= 0.6 is 11.6 Å². The molecule has 16 heavy (non-hydrogen) atoms. The first kappa shape index (κ1) is 13.0. The Hall–Kier alpha value is -1.02. The first-order chi connectivity index (χ1) is 7.69. The van der Waals surface area contributed by atoms with Gasteiger partial charge >= 0.3 is 5.97 Å². The van der Waals surface area contributed by atoms with Gasteiger partial charge in [0.15, 0.2) is 0 Å². The summed E-state index contributed by atoms with van der Waals surface area (Å²) in [6.07, 6.45) is 2.27. The van der Waals surface area contributed by atoms with Gasteiger partial charge in [-0.3, -0.25) is 4.79 Å². The number of aryl methyl sites for hydroxylation is 1. The van der Waals surface area contributed by atoms with Crippen molar-refractivity contribution in [2.45, 2.75) is 26.2 Å². The zero-order chi connectivity index (χ0) is 12.0. The van der Waals surface area contributed by atoms with E-state index in [0.717, 1.165) is 18.4 Å². The maximum Gasteiger partial charge on any atom is 0.309 e. The summed E-state index contributed by atoms with van der Waals surface area (Å²) in [5.74, 6) is 0.471. The number of carbonyl (C=O) groups excluding carboxylic acids is 1. The minimum atomic E-state index is -0.197. The van der Waals surface area contributed by atoms with Gasteiger partial charge in [-0.15, -0.1) is 11.6 Å². The molecule has 0 atom stereocenters. The number of methoxy groups -OCH3 is 1. The van der Waals surface area contributed by atoms with Gasteiger partial charge in [0.1, 0.15) is 0 Å². The summed E-state index contributed by atoms with van der Waals surface area (Å²) in [7, 11) is 1.41. The fourth-order valence-electron chi connectivity index (χ4n) is 1.68. The number of benzene rings is 1. The van der Waals surface area contributed by atoms with Crippen molar-refractivity contribution in [3.63, 3.8) is 0 Å². The second-order valence-corrected chi connectivity index (χ2v) is 4.12. The van der Waals surface area contributed by atoms with Crippen LogP contribution in [0.15, 0.2) is 18.2 Å². The van der Waals surface area contributed by atoms with E-state index in [1.54, 1.807) is 0 Å². The molecule has 0 aromatic heterocycles. The summed E-state index contributed by atoms with van der Waals surface area (Å²) < 4.78 is 4.67. The van der Waals surface area contributed by atoms with Gasteiger partial charge in [0.2, 0.25) is 0 Å². The van der Waals surface area contributed by atoms with Crippen molar-refractivity contribution in [2.75, 3.05) is 13.0 Å². The number of alkyl halides is 1. The van der Waals surface area contributed by atoms with E-state index < -0.39 is 0 Å². The number of hydrogen-bond donors (Lipinski definition) is 0. The predicted molar refractivity (Wildman–Crippen MR) is 65.9 cm³/mol. The molecule has 0 amide bonds. The summed E-state index contributed by atoms with van der Waals surface area (Å²) >= 11 is 5.68. The molecule has 0 unspecified atom stereocenters. The normalized spacial score (nSPS) is 10.2. The smallest absolute Gasteiger partial charge is 0.309 e. The lowest BCUT2D eigenvalue weighted by Crippen LogP contribution is -2.07. The van der Waals surface area contributed by atoms with E-state index in [0.29, 0.717) is 12.3 Å². The standard InChI is InChI=1S/C13H17ClO2/c1-10-11(7-4-8-14)5-3-6-12(10)9-13(15)16-2/h3,5-6H,4,7-9H2,1-2H3. The molecule has 0 saturated heterocycles. The molecule has 2 nitrogen and oxygen atoms in total. The summed E-state index contributed by atoms with van der Waals surface area (Å²) in [5, 5.41) is 0.